The molecule has 1 N–H and O–H groups in total. The number of rotatable bonds is 9. The maximum absolute atomic E-state index is 13.3. The summed E-state index contributed by atoms with van der Waals surface area (Å²) in [5.74, 6) is -1.05. The normalized spacial score (nSPS) is 16.6. The van der Waals surface area contributed by atoms with Gasteiger partial charge in [-0.2, -0.15) is 0 Å². The third-order valence-electron chi connectivity index (χ3n) is 6.05. The summed E-state index contributed by atoms with van der Waals surface area (Å²) in [7, 11) is 0. The minimum atomic E-state index is -1.75. The number of aliphatic hydroxyl groups is 1. The number of hydrogen-bond acceptors (Lipinski definition) is 5. The lowest BCUT2D eigenvalue weighted by Crippen LogP contribution is -2.44. The van der Waals surface area contributed by atoms with Crippen LogP contribution in [0.1, 0.15) is 72.2 Å². The predicted molar refractivity (Wildman–Crippen MR) is 118 cm³/mol. The zero-order valence-electron chi connectivity index (χ0n) is 17.8. The maximum Gasteiger partial charge on any atom is 0.305 e. The fourth-order valence-electron chi connectivity index (χ4n) is 4.21. The zero-order valence-corrected chi connectivity index (χ0v) is 18.6. The Hall–Kier alpha value is -2.50. The van der Waals surface area contributed by atoms with Gasteiger partial charge >= 0.3 is 5.97 Å². The van der Waals surface area contributed by atoms with Gasteiger partial charge in [-0.1, -0.05) is 68.3 Å². The van der Waals surface area contributed by atoms with Crippen LogP contribution < -0.4 is 0 Å². The van der Waals surface area contributed by atoms with Crippen molar-refractivity contribution in [3.8, 4) is 0 Å². The zero-order chi connectivity index (χ0) is 22.6. The van der Waals surface area contributed by atoms with Crippen molar-refractivity contribution >= 4 is 29.1 Å². The molecule has 0 bridgehead atoms. The highest BCUT2D eigenvalue weighted by Crippen LogP contribution is 2.47. The molecule has 0 saturated carbocycles. The lowest BCUT2D eigenvalue weighted by molar-refractivity contribution is -0.154. The van der Waals surface area contributed by atoms with E-state index in [1.165, 1.54) is 0 Å². The van der Waals surface area contributed by atoms with E-state index in [1.807, 2.05) is 6.92 Å². The molecule has 0 aromatic heterocycles. The second-order valence-corrected chi connectivity index (χ2v) is 8.56. The molecule has 1 atom stereocenters. The number of unbranched alkanes of at least 4 members (excludes halogenated alkanes) is 1. The van der Waals surface area contributed by atoms with Gasteiger partial charge in [-0.3, -0.25) is 14.4 Å². The van der Waals surface area contributed by atoms with E-state index < -0.39 is 17.0 Å². The largest absolute Gasteiger partial charge is 0.462 e. The van der Waals surface area contributed by atoms with Crippen molar-refractivity contribution in [1.29, 1.82) is 0 Å². The highest BCUT2D eigenvalue weighted by Gasteiger charge is 2.55. The van der Waals surface area contributed by atoms with Gasteiger partial charge in [0.25, 0.3) is 0 Å². The first kappa shape index (κ1) is 23.2. The molecule has 0 fully saturated rings. The topological polar surface area (TPSA) is 80.7 Å². The average Bonchev–Trinajstić information content (AvgIpc) is 2.98. The summed E-state index contributed by atoms with van der Waals surface area (Å²) in [5, 5.41) is 12.1. The first-order valence-corrected chi connectivity index (χ1v) is 11.0. The fraction of sp³-hybridized carbons (Fsp3) is 0.400. The summed E-state index contributed by atoms with van der Waals surface area (Å²) < 4.78 is 5.40. The lowest BCUT2D eigenvalue weighted by Gasteiger charge is -2.36. The summed E-state index contributed by atoms with van der Waals surface area (Å²) in [6, 6.07) is 13.3. The highest BCUT2D eigenvalue weighted by molar-refractivity contribution is 6.30. The van der Waals surface area contributed by atoms with Crippen LogP contribution in [0.2, 0.25) is 5.02 Å². The first-order valence-electron chi connectivity index (χ1n) is 10.6. The molecule has 0 heterocycles. The van der Waals surface area contributed by atoms with Crippen molar-refractivity contribution in [3.05, 3.63) is 70.2 Å². The Morgan fingerprint density at radius 3 is 2.26 bits per heavy atom. The summed E-state index contributed by atoms with van der Waals surface area (Å²) in [6.45, 7) is 3.36. The van der Waals surface area contributed by atoms with Crippen LogP contribution >= 0.6 is 11.6 Å². The molecular formula is C25H27ClO5. The Kier molecular flexibility index (Phi) is 6.97. The van der Waals surface area contributed by atoms with E-state index in [1.54, 1.807) is 55.5 Å². The number of halogens is 1. The van der Waals surface area contributed by atoms with E-state index >= 15 is 0 Å². The number of hydrogen-bond donors (Lipinski definition) is 1. The van der Waals surface area contributed by atoms with Crippen LogP contribution in [0.3, 0.4) is 0 Å². The Bertz CT molecular complexity index is 964. The van der Waals surface area contributed by atoms with Gasteiger partial charge < -0.3 is 9.84 Å². The molecule has 0 radical (unpaired) electrons. The molecule has 1 unspecified atom stereocenters. The summed E-state index contributed by atoms with van der Waals surface area (Å²) in [4.78, 5) is 38.8. The third kappa shape index (κ3) is 4.43. The van der Waals surface area contributed by atoms with E-state index in [0.29, 0.717) is 28.1 Å². The molecule has 1 aliphatic rings. The van der Waals surface area contributed by atoms with Crippen LogP contribution in [0.15, 0.2) is 48.5 Å². The average molecular weight is 443 g/mol. The lowest BCUT2D eigenvalue weighted by atomic mass is 9.70. The molecule has 5 nitrogen and oxygen atoms in total. The van der Waals surface area contributed by atoms with Crippen molar-refractivity contribution in [3.63, 3.8) is 0 Å². The molecule has 0 amide bonds. The van der Waals surface area contributed by atoms with Crippen LogP contribution in [0, 0.1) is 5.41 Å². The van der Waals surface area contributed by atoms with Crippen LogP contribution in [-0.4, -0.2) is 29.2 Å². The van der Waals surface area contributed by atoms with Gasteiger partial charge in [0.05, 0.1) is 5.41 Å². The number of Topliss-reactive ketones (excluding diaryl/α,β-unsaturated/α-hetero) is 2. The Morgan fingerprint density at radius 1 is 1.06 bits per heavy atom. The monoisotopic (exact) mass is 442 g/mol. The van der Waals surface area contributed by atoms with Gasteiger partial charge in [0.2, 0.25) is 0 Å². The van der Waals surface area contributed by atoms with Crippen LogP contribution in [0.4, 0.5) is 0 Å². The standard InChI is InChI=1S/C25H27ClO5/c1-3-5-13-21(27)31-16-25(30,17-9-8-10-18(26)14-17)15-24(4-2)22(28)19-11-6-7-12-20(19)23(24)29/h6-12,14,30H,3-5,13,15-16H2,1-2H3. The Morgan fingerprint density at radius 2 is 1.71 bits per heavy atom. The van der Waals surface area contributed by atoms with Gasteiger partial charge in [0.1, 0.15) is 12.2 Å². The summed E-state index contributed by atoms with van der Waals surface area (Å²) >= 11 is 6.14. The Balaban J connectivity index is 1.99. The molecule has 0 saturated heterocycles. The minimum absolute atomic E-state index is 0.204. The van der Waals surface area contributed by atoms with Crippen molar-refractivity contribution in [2.24, 2.45) is 5.41 Å². The second kappa shape index (κ2) is 9.33. The molecule has 1 aliphatic carbocycles. The summed E-state index contributed by atoms with van der Waals surface area (Å²) in [5.41, 5.74) is -2.06. The molecule has 3 rings (SSSR count). The van der Waals surface area contributed by atoms with Gasteiger partial charge in [0.15, 0.2) is 11.6 Å². The van der Waals surface area contributed by atoms with Crippen LogP contribution in [0.5, 0.6) is 0 Å². The number of fused-ring (bicyclic) bond motifs is 1. The minimum Gasteiger partial charge on any atom is -0.462 e. The van der Waals surface area contributed by atoms with Gasteiger partial charge in [-0.15, -0.1) is 0 Å². The number of carbonyl (C=O) groups excluding carboxylic acids is 3. The molecule has 31 heavy (non-hydrogen) atoms. The SMILES string of the molecule is CCCCC(=O)OCC(O)(CC1(CC)C(=O)c2ccccc2C1=O)c1cccc(Cl)c1. The van der Waals surface area contributed by atoms with Gasteiger partial charge in [0, 0.05) is 29.0 Å². The predicted octanol–water partition coefficient (Wildman–Crippen LogP) is 5.13. The quantitative estimate of drug-likeness (QED) is 0.430. The van der Waals surface area contributed by atoms with Gasteiger partial charge in [-0.05, 0) is 30.5 Å². The molecule has 2 aromatic carbocycles. The maximum atomic E-state index is 13.3. The van der Waals surface area contributed by atoms with Crippen LogP contribution in [-0.2, 0) is 15.1 Å². The molecule has 0 aliphatic heterocycles. The van der Waals surface area contributed by atoms with Crippen LogP contribution in [0.25, 0.3) is 0 Å². The number of esters is 1. The second-order valence-electron chi connectivity index (χ2n) is 8.12. The highest BCUT2D eigenvalue weighted by atomic mass is 35.5. The summed E-state index contributed by atoms with van der Waals surface area (Å²) in [6.07, 6.45) is 1.77. The van der Waals surface area contributed by atoms with Crippen molar-refractivity contribution in [2.75, 3.05) is 6.61 Å². The van der Waals surface area contributed by atoms with Crippen molar-refractivity contribution < 1.29 is 24.2 Å². The smallest absolute Gasteiger partial charge is 0.305 e. The van der Waals surface area contributed by atoms with E-state index in [-0.39, 0.29) is 37.4 Å². The molecule has 0 spiro atoms. The van der Waals surface area contributed by atoms with E-state index in [4.69, 9.17) is 16.3 Å². The van der Waals surface area contributed by atoms with E-state index in [9.17, 15) is 19.5 Å². The Labute approximate surface area is 187 Å². The number of ether oxygens (including phenoxy) is 1. The fourth-order valence-corrected chi connectivity index (χ4v) is 4.40. The molecular weight excluding hydrogens is 416 g/mol. The molecule has 164 valence electrons. The first-order chi connectivity index (χ1) is 14.8. The third-order valence-corrected chi connectivity index (χ3v) is 6.29. The van der Waals surface area contributed by atoms with E-state index in [0.717, 1.165) is 6.42 Å². The number of carbonyl (C=O) groups is 3. The van der Waals surface area contributed by atoms with Crippen molar-refractivity contribution in [2.45, 2.75) is 51.6 Å². The number of ketones is 2. The number of benzene rings is 2. The van der Waals surface area contributed by atoms with Gasteiger partial charge in [-0.25, -0.2) is 0 Å². The molecule has 2 aromatic rings. The van der Waals surface area contributed by atoms with Crippen molar-refractivity contribution in [1.82, 2.24) is 0 Å². The molecule has 6 heteroatoms. The van der Waals surface area contributed by atoms with E-state index in [2.05, 4.69) is 0 Å².